The Morgan fingerprint density at radius 2 is 1.03 bits per heavy atom. The summed E-state index contributed by atoms with van der Waals surface area (Å²) in [6.45, 7) is 5.69. The van der Waals surface area contributed by atoms with Crippen LogP contribution in [-0.2, 0) is 36.3 Å². The first-order valence-corrected chi connectivity index (χ1v) is 21.7. The van der Waals surface area contributed by atoms with Crippen LogP contribution < -0.4 is 0 Å². The number of para-hydroxylation sites is 1. The standard InChI is InChI=1S/C61H50F3N3O/c1-60(2,49-37-66-55(32-52(49)63)43-15-8-5-9-16-43)34-41-29-40(30-42(31-41)35-61(3,4)50-38-67-56(33-53(50)64)44-17-10-6-11-18-44)24-23-39-25-28-54(65-36-39)48-22-14-21-46-47-26-27-51(62)57(59(47)68-58(46)48)45-19-12-7-13-20-45/h5-22,25-33,36-38H,23-24,34-35H2,1-4H3/i7D,12D,13D,19D,20D,23D2,24D2,27D,34D2,35D2. The maximum Gasteiger partial charge on any atom is 0.146 e. The molecule has 0 N–H and O–H groups in total. The van der Waals surface area contributed by atoms with Crippen LogP contribution in [0, 0.1) is 17.5 Å². The number of rotatable bonds is 13. The molecule has 4 aromatic heterocycles. The first-order valence-electron chi connectivity index (χ1n) is 28.7. The zero-order chi connectivity index (χ0) is 59.4. The molecule has 0 radical (unpaired) electrons. The number of fused-ring (bicyclic) bond motifs is 3. The minimum atomic E-state index is -3.15. The zero-order valence-electron chi connectivity index (χ0n) is 51.2. The van der Waals surface area contributed by atoms with Gasteiger partial charge in [-0.25, -0.2) is 13.2 Å². The summed E-state index contributed by atoms with van der Waals surface area (Å²) in [5.74, 6) is -2.79. The Labute approximate surface area is 414 Å². The highest BCUT2D eigenvalue weighted by atomic mass is 19.1. The lowest BCUT2D eigenvalue weighted by molar-refractivity contribution is 0.473. The van der Waals surface area contributed by atoms with E-state index >= 15 is 13.2 Å². The molecule has 0 spiro atoms. The van der Waals surface area contributed by atoms with Gasteiger partial charge in [0.15, 0.2) is 0 Å². The summed E-state index contributed by atoms with van der Waals surface area (Å²) in [6, 6.07) is 27.7. The molecule has 7 heteroatoms. The third kappa shape index (κ3) is 8.96. The topological polar surface area (TPSA) is 51.8 Å². The summed E-state index contributed by atoms with van der Waals surface area (Å²) in [5.41, 5.74) is -4.51. The van der Waals surface area contributed by atoms with Gasteiger partial charge in [0.1, 0.15) is 28.6 Å². The average molecular weight is 912 g/mol. The Bertz CT molecular complexity index is 4020. The summed E-state index contributed by atoms with van der Waals surface area (Å²) in [7, 11) is 0. The molecule has 4 nitrogen and oxygen atoms in total. The Kier molecular flexibility index (Phi) is 8.20. The molecule has 0 unspecified atom stereocenters. The molecule has 0 saturated heterocycles. The lowest BCUT2D eigenvalue weighted by Crippen LogP contribution is -2.24. The fourth-order valence-corrected chi connectivity index (χ4v) is 8.36. The van der Waals surface area contributed by atoms with Crippen LogP contribution in [0.2, 0.25) is 0 Å². The van der Waals surface area contributed by atoms with Crippen molar-refractivity contribution in [2.24, 2.45) is 0 Å². The van der Waals surface area contributed by atoms with E-state index in [1.54, 1.807) is 78.9 Å². The smallest absolute Gasteiger partial charge is 0.146 e. The molecule has 10 aromatic rings. The van der Waals surface area contributed by atoms with Crippen LogP contribution in [-0.4, -0.2) is 15.0 Å². The van der Waals surface area contributed by atoms with Gasteiger partial charge in [0.05, 0.1) is 30.9 Å². The minimum absolute atomic E-state index is 0.0824. The molecule has 0 aliphatic carbocycles. The molecule has 0 aliphatic rings. The van der Waals surface area contributed by atoms with Gasteiger partial charge in [-0.15, -0.1) is 0 Å². The second-order valence-corrected chi connectivity index (χ2v) is 17.3. The van der Waals surface area contributed by atoms with E-state index in [1.165, 1.54) is 76.5 Å². The molecule has 6 aromatic carbocycles. The molecule has 0 saturated carbocycles. The van der Waals surface area contributed by atoms with E-state index in [1.807, 2.05) is 0 Å². The lowest BCUT2D eigenvalue weighted by atomic mass is 9.76. The van der Waals surface area contributed by atoms with Gasteiger partial charge in [-0.2, -0.15) is 0 Å². The maximum atomic E-state index is 16.4. The van der Waals surface area contributed by atoms with Gasteiger partial charge in [-0.3, -0.25) is 15.0 Å². The Morgan fingerprint density at radius 3 is 1.59 bits per heavy atom. The largest absolute Gasteiger partial charge is 0.455 e. The summed E-state index contributed by atoms with van der Waals surface area (Å²) in [6.07, 6.45) is -8.05. The quantitative estimate of drug-likeness (QED) is 0.116. The summed E-state index contributed by atoms with van der Waals surface area (Å²) in [5, 5.41) is 0.513. The van der Waals surface area contributed by atoms with Gasteiger partial charge in [-0.1, -0.05) is 155 Å². The molecule has 0 fully saturated rings. The van der Waals surface area contributed by atoms with E-state index in [2.05, 4.69) is 15.0 Å². The number of furan rings is 1. The van der Waals surface area contributed by atoms with Crippen LogP contribution in [0.4, 0.5) is 13.2 Å². The minimum Gasteiger partial charge on any atom is -0.455 e. The van der Waals surface area contributed by atoms with Crippen molar-refractivity contribution in [2.45, 2.75) is 64.0 Å². The highest BCUT2D eigenvalue weighted by molar-refractivity contribution is 6.12. The predicted molar refractivity (Wildman–Crippen MR) is 269 cm³/mol. The van der Waals surface area contributed by atoms with Crippen molar-refractivity contribution in [3.63, 3.8) is 0 Å². The third-order valence-electron chi connectivity index (χ3n) is 11.7. The number of halogens is 3. The SMILES string of the molecule is [2H]c1cc2c(oc3c(-c4ccc(C([2H])([2H])C([2H])([2H])c5cc(C([2H])([2H])C(C)(C)c6cnc(-c7ccccc7)cc6F)cc(C([2H])([2H])C(C)(C)c6cnc(-c7ccccc7)cc6F)c5)cn4)cccc32)c(-c2c([2H])c([2H])c([2H])c([2H])c2[2H])c1F. The first kappa shape index (κ1) is 30.6. The van der Waals surface area contributed by atoms with Gasteiger partial charge in [-0.05, 0) is 88.4 Å². The average Bonchev–Trinajstić information content (AvgIpc) is 1.99. The van der Waals surface area contributed by atoms with Gasteiger partial charge in [0.2, 0.25) is 0 Å². The maximum absolute atomic E-state index is 16.4. The van der Waals surface area contributed by atoms with Crippen molar-refractivity contribution in [3.8, 4) is 44.9 Å². The predicted octanol–water partition coefficient (Wildman–Crippen LogP) is 15.7. The number of benzene rings is 6. The molecule has 0 bridgehead atoms. The van der Waals surface area contributed by atoms with Crippen LogP contribution in [0.15, 0.2) is 187 Å². The van der Waals surface area contributed by atoms with E-state index < -0.39 is 107 Å². The second-order valence-electron chi connectivity index (χ2n) is 17.3. The molecule has 68 heavy (non-hydrogen) atoms. The summed E-state index contributed by atoms with van der Waals surface area (Å²) in [4.78, 5) is 13.5. The highest BCUT2D eigenvalue weighted by Crippen LogP contribution is 2.41. The summed E-state index contributed by atoms with van der Waals surface area (Å²) >= 11 is 0. The highest BCUT2D eigenvalue weighted by Gasteiger charge is 2.29. The molecular weight excluding hydrogens is 848 g/mol. The lowest BCUT2D eigenvalue weighted by Gasteiger charge is -2.28. The number of pyridine rings is 3. The molecule has 336 valence electrons. The molecule has 0 atom stereocenters. The number of nitrogens with zero attached hydrogens (tertiary/aromatic N) is 3. The van der Waals surface area contributed by atoms with Crippen molar-refractivity contribution < 1.29 is 36.8 Å². The van der Waals surface area contributed by atoms with Crippen LogP contribution >= 0.6 is 0 Å². The van der Waals surface area contributed by atoms with Gasteiger partial charge < -0.3 is 4.42 Å². The van der Waals surface area contributed by atoms with E-state index in [-0.39, 0.29) is 67.0 Å². The number of hydrogen-bond donors (Lipinski definition) is 0. The van der Waals surface area contributed by atoms with Crippen LogP contribution in [0.5, 0.6) is 0 Å². The second kappa shape index (κ2) is 18.2. The zero-order valence-corrected chi connectivity index (χ0v) is 37.2. The molecule has 4 heterocycles. The van der Waals surface area contributed by atoms with E-state index in [0.717, 1.165) is 18.3 Å². The number of aryl methyl sites for hydroxylation is 2. The Balaban J connectivity index is 1.08. The normalized spacial score (nSPS) is 15.8. The van der Waals surface area contributed by atoms with Crippen LogP contribution in [0.3, 0.4) is 0 Å². The Morgan fingerprint density at radius 1 is 0.485 bits per heavy atom. The van der Waals surface area contributed by atoms with Crippen molar-refractivity contribution >= 4 is 21.9 Å². The van der Waals surface area contributed by atoms with Crippen molar-refractivity contribution in [1.29, 1.82) is 0 Å². The molecule has 10 rings (SSSR count). The monoisotopic (exact) mass is 911 g/mol. The molecule has 0 amide bonds. The third-order valence-corrected chi connectivity index (χ3v) is 11.7. The molecular formula is C61H50F3N3O. The fourth-order valence-electron chi connectivity index (χ4n) is 8.36. The van der Waals surface area contributed by atoms with Gasteiger partial charge in [0, 0.05) is 80.3 Å². The van der Waals surface area contributed by atoms with Crippen LogP contribution in [0.1, 0.15) is 80.3 Å². The van der Waals surface area contributed by atoms with Crippen molar-refractivity contribution in [3.05, 3.63) is 233 Å². The van der Waals surface area contributed by atoms with E-state index in [4.69, 9.17) is 12.6 Å². The van der Waals surface area contributed by atoms with Crippen molar-refractivity contribution in [1.82, 2.24) is 15.0 Å². The van der Waals surface area contributed by atoms with E-state index in [0.29, 0.717) is 16.5 Å². The Hall–Kier alpha value is -7.64. The van der Waals surface area contributed by atoms with Gasteiger partial charge in [0.25, 0.3) is 0 Å². The van der Waals surface area contributed by atoms with E-state index in [9.17, 15) is 11.0 Å². The summed E-state index contributed by atoms with van der Waals surface area (Å²) < 4.78 is 183. The van der Waals surface area contributed by atoms with Crippen LogP contribution in [0.25, 0.3) is 66.8 Å². The van der Waals surface area contributed by atoms with Gasteiger partial charge >= 0.3 is 0 Å². The number of hydrogen-bond acceptors (Lipinski definition) is 4. The molecule has 0 aliphatic heterocycles. The number of aromatic nitrogens is 3. The van der Waals surface area contributed by atoms with Crippen molar-refractivity contribution in [2.75, 3.05) is 0 Å². The first-order chi connectivity index (χ1) is 38.4. The fraction of sp³-hybridized carbons (Fsp3) is 0.164.